The highest BCUT2D eigenvalue weighted by Gasteiger charge is 2.14. The molecule has 0 unspecified atom stereocenters. The van der Waals surface area contributed by atoms with E-state index in [1.807, 2.05) is 0 Å². The fraction of sp³-hybridized carbons (Fsp3) is 0.133. The van der Waals surface area contributed by atoms with Crippen LogP contribution in [-0.4, -0.2) is 17.6 Å². The summed E-state index contributed by atoms with van der Waals surface area (Å²) in [4.78, 5) is 12.5. The van der Waals surface area contributed by atoms with E-state index < -0.39 is 11.7 Å². The highest BCUT2D eigenvalue weighted by molar-refractivity contribution is 7.12. The summed E-state index contributed by atoms with van der Waals surface area (Å²) >= 11 is 1.22. The number of anilines is 1. The minimum absolute atomic E-state index is 0.134. The Morgan fingerprint density at radius 2 is 2.25 bits per heavy atom. The first-order chi connectivity index (χ1) is 9.61. The molecule has 0 atom stereocenters. The van der Waals surface area contributed by atoms with Crippen LogP contribution in [0.5, 0.6) is 0 Å². The highest BCUT2D eigenvalue weighted by atomic mass is 32.1. The second-order valence-electron chi connectivity index (χ2n) is 4.06. The maximum Gasteiger partial charge on any atom is 0.267 e. The Balaban J connectivity index is 2.22. The van der Waals surface area contributed by atoms with Crippen LogP contribution >= 0.6 is 11.3 Å². The Labute approximate surface area is 120 Å². The second kappa shape index (κ2) is 6.33. The summed E-state index contributed by atoms with van der Waals surface area (Å²) in [6.45, 7) is 1.50. The molecule has 0 aliphatic rings. The zero-order valence-corrected chi connectivity index (χ0v) is 11.6. The average Bonchev–Trinajstić information content (AvgIpc) is 2.88. The van der Waals surface area contributed by atoms with Gasteiger partial charge in [-0.15, -0.1) is 11.3 Å². The highest BCUT2D eigenvalue weighted by Crippen LogP contribution is 2.20. The van der Waals surface area contributed by atoms with Crippen LogP contribution in [0.15, 0.2) is 29.6 Å². The van der Waals surface area contributed by atoms with Gasteiger partial charge in [0.25, 0.3) is 5.91 Å². The Kier molecular flexibility index (Phi) is 4.51. The van der Waals surface area contributed by atoms with Crippen LogP contribution < -0.4 is 5.32 Å². The van der Waals surface area contributed by atoms with Gasteiger partial charge in [0.05, 0.1) is 5.69 Å². The van der Waals surface area contributed by atoms with Crippen molar-refractivity contribution in [3.63, 3.8) is 0 Å². The van der Waals surface area contributed by atoms with Crippen LogP contribution in [-0.2, 0) is 0 Å². The van der Waals surface area contributed by atoms with Gasteiger partial charge in [0.15, 0.2) is 0 Å². The summed E-state index contributed by atoms with van der Waals surface area (Å²) < 4.78 is 13.7. The summed E-state index contributed by atoms with van der Waals surface area (Å²) in [5.74, 6) is 4.29. The van der Waals surface area contributed by atoms with Crippen molar-refractivity contribution in [2.75, 3.05) is 11.9 Å². The largest absolute Gasteiger partial charge is 0.384 e. The third-order valence-electron chi connectivity index (χ3n) is 2.55. The molecule has 3 nitrogen and oxygen atoms in total. The van der Waals surface area contributed by atoms with Gasteiger partial charge in [-0.05, 0) is 36.1 Å². The smallest absolute Gasteiger partial charge is 0.267 e. The van der Waals surface area contributed by atoms with Crippen LogP contribution in [0.25, 0.3) is 0 Å². The lowest BCUT2D eigenvalue weighted by Gasteiger charge is -2.06. The molecular weight excluding hydrogens is 277 g/mol. The number of rotatable bonds is 2. The SMILES string of the molecule is Cc1ccc(NC(=O)c2sccc2C#CCO)c(F)c1. The summed E-state index contributed by atoms with van der Waals surface area (Å²) in [6, 6.07) is 6.29. The molecular formula is C15H12FNO2S. The molecule has 102 valence electrons. The molecule has 2 N–H and O–H groups in total. The monoisotopic (exact) mass is 289 g/mol. The predicted octanol–water partition coefficient (Wildman–Crippen LogP) is 2.79. The Morgan fingerprint density at radius 3 is 2.95 bits per heavy atom. The standard InChI is InChI=1S/C15H12FNO2S/c1-10-4-5-13(12(16)9-10)17-15(19)14-11(3-2-7-18)6-8-20-14/h4-6,8-9,18H,7H2,1H3,(H,17,19). The molecule has 2 rings (SSSR count). The normalized spacial score (nSPS) is 9.75. The van der Waals surface area contributed by atoms with Crippen molar-refractivity contribution in [1.82, 2.24) is 0 Å². The minimum Gasteiger partial charge on any atom is -0.384 e. The number of halogens is 1. The molecule has 2 aromatic rings. The molecule has 0 saturated heterocycles. The number of aryl methyl sites for hydroxylation is 1. The van der Waals surface area contributed by atoms with Crippen molar-refractivity contribution >= 4 is 22.9 Å². The Morgan fingerprint density at radius 1 is 1.45 bits per heavy atom. The Hall–Kier alpha value is -2.16. The van der Waals surface area contributed by atoms with Gasteiger partial charge in [-0.1, -0.05) is 17.9 Å². The molecule has 0 aliphatic heterocycles. The molecule has 0 aliphatic carbocycles. The number of aliphatic hydroxyl groups is 1. The molecule has 1 aromatic heterocycles. The average molecular weight is 289 g/mol. The van der Waals surface area contributed by atoms with E-state index >= 15 is 0 Å². The number of carbonyl (C=O) groups excluding carboxylic acids is 1. The lowest BCUT2D eigenvalue weighted by molar-refractivity contribution is 0.103. The van der Waals surface area contributed by atoms with Gasteiger partial charge >= 0.3 is 0 Å². The van der Waals surface area contributed by atoms with E-state index in [2.05, 4.69) is 17.2 Å². The molecule has 0 radical (unpaired) electrons. The summed E-state index contributed by atoms with van der Waals surface area (Å²) in [6.07, 6.45) is 0. The number of aliphatic hydroxyl groups excluding tert-OH is 1. The summed E-state index contributed by atoms with van der Waals surface area (Å²) in [5.41, 5.74) is 1.44. The van der Waals surface area contributed by atoms with Crippen LogP contribution in [0, 0.1) is 24.6 Å². The maximum absolute atomic E-state index is 13.7. The molecule has 5 heteroatoms. The van der Waals surface area contributed by atoms with E-state index in [1.165, 1.54) is 23.5 Å². The van der Waals surface area contributed by atoms with E-state index in [4.69, 9.17) is 5.11 Å². The van der Waals surface area contributed by atoms with Gasteiger partial charge in [0.1, 0.15) is 17.3 Å². The lowest BCUT2D eigenvalue weighted by Crippen LogP contribution is -2.12. The quantitative estimate of drug-likeness (QED) is 0.835. The molecule has 0 saturated carbocycles. The first-order valence-electron chi connectivity index (χ1n) is 5.86. The zero-order valence-electron chi connectivity index (χ0n) is 10.7. The maximum atomic E-state index is 13.7. The van der Waals surface area contributed by atoms with Crippen LogP contribution in [0.1, 0.15) is 20.8 Å². The van der Waals surface area contributed by atoms with E-state index in [-0.39, 0.29) is 12.3 Å². The minimum atomic E-state index is -0.474. The predicted molar refractivity (Wildman–Crippen MR) is 77.4 cm³/mol. The second-order valence-corrected chi connectivity index (χ2v) is 4.98. The fourth-order valence-electron chi connectivity index (χ4n) is 1.62. The molecule has 1 heterocycles. The van der Waals surface area contributed by atoms with Gasteiger partial charge in [0.2, 0.25) is 0 Å². The molecule has 1 amide bonds. The van der Waals surface area contributed by atoms with Crippen molar-refractivity contribution in [3.8, 4) is 11.8 Å². The van der Waals surface area contributed by atoms with Gasteiger partial charge in [-0.3, -0.25) is 4.79 Å². The van der Waals surface area contributed by atoms with Crippen LogP contribution in [0.2, 0.25) is 0 Å². The van der Waals surface area contributed by atoms with Crippen molar-refractivity contribution in [1.29, 1.82) is 0 Å². The van der Waals surface area contributed by atoms with E-state index in [0.717, 1.165) is 5.56 Å². The van der Waals surface area contributed by atoms with Crippen molar-refractivity contribution in [2.45, 2.75) is 6.92 Å². The number of carbonyl (C=O) groups is 1. The molecule has 20 heavy (non-hydrogen) atoms. The van der Waals surface area contributed by atoms with E-state index in [9.17, 15) is 9.18 Å². The van der Waals surface area contributed by atoms with Crippen molar-refractivity contribution < 1.29 is 14.3 Å². The number of hydrogen-bond acceptors (Lipinski definition) is 3. The number of thiophene rings is 1. The molecule has 1 aromatic carbocycles. The molecule has 0 spiro atoms. The van der Waals surface area contributed by atoms with Crippen molar-refractivity contribution in [3.05, 3.63) is 51.5 Å². The van der Waals surface area contributed by atoms with Crippen LogP contribution in [0.3, 0.4) is 0 Å². The third-order valence-corrected chi connectivity index (χ3v) is 3.46. The number of hydrogen-bond donors (Lipinski definition) is 2. The van der Waals surface area contributed by atoms with Gasteiger partial charge < -0.3 is 10.4 Å². The third kappa shape index (κ3) is 3.23. The van der Waals surface area contributed by atoms with Gasteiger partial charge in [0, 0.05) is 5.56 Å². The summed E-state index contributed by atoms with van der Waals surface area (Å²) in [5, 5.41) is 12.9. The van der Waals surface area contributed by atoms with Gasteiger partial charge in [-0.25, -0.2) is 4.39 Å². The first-order valence-corrected chi connectivity index (χ1v) is 6.74. The van der Waals surface area contributed by atoms with Crippen LogP contribution in [0.4, 0.5) is 10.1 Å². The van der Waals surface area contributed by atoms with Gasteiger partial charge in [-0.2, -0.15) is 0 Å². The molecule has 0 bridgehead atoms. The van der Waals surface area contributed by atoms with E-state index in [0.29, 0.717) is 10.4 Å². The number of nitrogens with one attached hydrogen (secondary N) is 1. The number of amides is 1. The lowest BCUT2D eigenvalue weighted by atomic mass is 10.2. The first kappa shape index (κ1) is 14.3. The van der Waals surface area contributed by atoms with Crippen molar-refractivity contribution in [2.24, 2.45) is 0 Å². The topological polar surface area (TPSA) is 49.3 Å². The number of benzene rings is 1. The fourth-order valence-corrected chi connectivity index (χ4v) is 2.36. The zero-order chi connectivity index (χ0) is 14.5. The molecule has 0 fully saturated rings. The Bertz CT molecular complexity index is 697. The summed E-state index contributed by atoms with van der Waals surface area (Å²) in [7, 11) is 0. The van der Waals surface area contributed by atoms with E-state index in [1.54, 1.807) is 24.4 Å².